The molecule has 0 radical (unpaired) electrons. The lowest BCUT2D eigenvalue weighted by molar-refractivity contribution is -0.121. The van der Waals surface area contributed by atoms with Crippen molar-refractivity contribution in [3.63, 3.8) is 0 Å². The molecule has 6 nitrogen and oxygen atoms in total. The normalized spacial score (nSPS) is 22.6. The summed E-state index contributed by atoms with van der Waals surface area (Å²) >= 11 is 0. The molecule has 24 heavy (non-hydrogen) atoms. The van der Waals surface area contributed by atoms with Crippen LogP contribution < -0.4 is 5.32 Å². The molecule has 4 heterocycles. The fraction of sp³-hybridized carbons (Fsp3) is 0.389. The van der Waals surface area contributed by atoms with Crippen LogP contribution >= 0.6 is 0 Å². The van der Waals surface area contributed by atoms with Crippen molar-refractivity contribution >= 4 is 11.8 Å². The van der Waals surface area contributed by atoms with E-state index in [4.69, 9.17) is 0 Å². The van der Waals surface area contributed by atoms with E-state index in [0.717, 1.165) is 24.8 Å². The van der Waals surface area contributed by atoms with Crippen LogP contribution in [0.5, 0.6) is 0 Å². The first-order valence-corrected chi connectivity index (χ1v) is 8.32. The highest BCUT2D eigenvalue weighted by atomic mass is 16.2. The highest BCUT2D eigenvalue weighted by Crippen LogP contribution is 2.39. The van der Waals surface area contributed by atoms with Crippen LogP contribution in [0.25, 0.3) is 0 Å². The van der Waals surface area contributed by atoms with Crippen molar-refractivity contribution in [1.29, 1.82) is 0 Å². The summed E-state index contributed by atoms with van der Waals surface area (Å²) in [7, 11) is 0. The number of likely N-dealkylation sites (tertiary alicyclic amines) is 1. The average molecular weight is 324 g/mol. The Bertz CT molecular complexity index is 734. The minimum atomic E-state index is -0.190. The maximum atomic E-state index is 12.4. The molecule has 2 N–H and O–H groups in total. The number of H-pyrrole nitrogens is 1. The molecule has 2 amide bonds. The molecule has 2 aliphatic heterocycles. The molecule has 0 bridgehead atoms. The molecular formula is C18H20N4O2. The second kappa shape index (κ2) is 5.78. The van der Waals surface area contributed by atoms with Crippen molar-refractivity contribution in [1.82, 2.24) is 20.2 Å². The number of hydrogen-bond donors (Lipinski definition) is 2. The van der Waals surface area contributed by atoms with Gasteiger partial charge in [-0.1, -0.05) is 6.07 Å². The fourth-order valence-corrected chi connectivity index (χ4v) is 3.83. The quantitative estimate of drug-likeness (QED) is 0.882. The largest absolute Gasteiger partial charge is 0.357 e. The van der Waals surface area contributed by atoms with Crippen LogP contribution in [-0.4, -0.2) is 45.3 Å². The highest BCUT2D eigenvalue weighted by Gasteiger charge is 2.46. The molecule has 0 aromatic carbocycles. The second-order valence-corrected chi connectivity index (χ2v) is 6.69. The van der Waals surface area contributed by atoms with Crippen LogP contribution in [0.4, 0.5) is 0 Å². The van der Waals surface area contributed by atoms with Gasteiger partial charge in [0.25, 0.3) is 5.91 Å². The van der Waals surface area contributed by atoms with Gasteiger partial charge in [-0.2, -0.15) is 0 Å². The molecule has 2 aromatic heterocycles. The van der Waals surface area contributed by atoms with Crippen molar-refractivity contribution in [2.75, 3.05) is 13.1 Å². The summed E-state index contributed by atoms with van der Waals surface area (Å²) in [5, 5.41) is 3.20. The summed E-state index contributed by atoms with van der Waals surface area (Å²) in [4.78, 5) is 33.8. The van der Waals surface area contributed by atoms with E-state index in [1.165, 1.54) is 0 Å². The Morgan fingerprint density at radius 3 is 2.75 bits per heavy atom. The zero-order valence-corrected chi connectivity index (χ0v) is 13.4. The Labute approximate surface area is 140 Å². The van der Waals surface area contributed by atoms with Crippen molar-refractivity contribution in [3.05, 3.63) is 54.1 Å². The summed E-state index contributed by atoms with van der Waals surface area (Å²) in [6.07, 6.45) is 7.62. The van der Waals surface area contributed by atoms with Gasteiger partial charge in [-0.25, -0.2) is 0 Å². The van der Waals surface area contributed by atoms with Crippen molar-refractivity contribution < 1.29 is 9.59 Å². The summed E-state index contributed by atoms with van der Waals surface area (Å²) in [5.74, 6) is -0.0283. The first kappa shape index (κ1) is 14.9. The predicted octanol–water partition coefficient (Wildman–Crippen LogP) is 1.69. The lowest BCUT2D eigenvalue weighted by atomic mass is 9.82. The highest BCUT2D eigenvalue weighted by molar-refractivity contribution is 5.92. The molecule has 4 rings (SSSR count). The van der Waals surface area contributed by atoms with Crippen LogP contribution in [0, 0.1) is 0 Å². The number of rotatable bonds is 2. The number of amides is 2. The van der Waals surface area contributed by atoms with Crippen molar-refractivity contribution in [2.45, 2.75) is 30.7 Å². The number of aromatic nitrogens is 2. The molecule has 0 saturated carbocycles. The van der Waals surface area contributed by atoms with E-state index in [-0.39, 0.29) is 23.3 Å². The van der Waals surface area contributed by atoms with Gasteiger partial charge in [0, 0.05) is 37.2 Å². The maximum Gasteiger partial charge on any atom is 0.270 e. The number of hydrogen-bond acceptors (Lipinski definition) is 3. The van der Waals surface area contributed by atoms with E-state index >= 15 is 0 Å². The summed E-state index contributed by atoms with van der Waals surface area (Å²) < 4.78 is 0. The van der Waals surface area contributed by atoms with E-state index in [9.17, 15) is 9.59 Å². The third kappa shape index (κ3) is 2.58. The standard InChI is InChI=1S/C18H20N4O2/c23-16-14(13-3-1-7-19-12-13)11-18(21-16)5-9-22(10-6-18)17(24)15-4-2-8-20-15/h1-4,7-8,12,14,20H,5-6,9-11H2,(H,21,23)/t14-/m1/s1. The maximum absolute atomic E-state index is 12.4. The van der Waals surface area contributed by atoms with Gasteiger partial charge < -0.3 is 15.2 Å². The zero-order chi connectivity index (χ0) is 16.6. The number of carbonyl (C=O) groups is 2. The summed E-state index contributed by atoms with van der Waals surface area (Å²) in [6.45, 7) is 1.33. The molecule has 2 saturated heterocycles. The minimum Gasteiger partial charge on any atom is -0.357 e. The fourth-order valence-electron chi connectivity index (χ4n) is 3.83. The number of pyridine rings is 1. The van der Waals surface area contributed by atoms with Crippen LogP contribution in [0.1, 0.15) is 41.2 Å². The Morgan fingerprint density at radius 2 is 2.08 bits per heavy atom. The van der Waals surface area contributed by atoms with Gasteiger partial charge >= 0.3 is 0 Å². The molecule has 2 aliphatic rings. The van der Waals surface area contributed by atoms with Crippen LogP contribution in [-0.2, 0) is 4.79 Å². The van der Waals surface area contributed by atoms with Gasteiger partial charge in [0.1, 0.15) is 5.69 Å². The smallest absolute Gasteiger partial charge is 0.270 e. The monoisotopic (exact) mass is 324 g/mol. The molecule has 124 valence electrons. The van der Waals surface area contributed by atoms with Gasteiger partial charge in [0.2, 0.25) is 5.91 Å². The summed E-state index contributed by atoms with van der Waals surface area (Å²) in [5.41, 5.74) is 1.40. The zero-order valence-electron chi connectivity index (χ0n) is 13.4. The average Bonchev–Trinajstić information content (AvgIpc) is 3.25. The van der Waals surface area contributed by atoms with E-state index in [1.807, 2.05) is 23.1 Å². The van der Waals surface area contributed by atoms with Crippen LogP contribution in [0.3, 0.4) is 0 Å². The van der Waals surface area contributed by atoms with Gasteiger partial charge in [-0.05, 0) is 43.0 Å². The van der Waals surface area contributed by atoms with Crippen molar-refractivity contribution in [2.24, 2.45) is 0 Å². The van der Waals surface area contributed by atoms with Crippen LogP contribution in [0.15, 0.2) is 42.9 Å². The lowest BCUT2D eigenvalue weighted by Crippen LogP contribution is -2.52. The van der Waals surface area contributed by atoms with Gasteiger partial charge in [-0.15, -0.1) is 0 Å². The van der Waals surface area contributed by atoms with Gasteiger partial charge in [0.05, 0.1) is 5.92 Å². The number of piperidine rings is 1. The van der Waals surface area contributed by atoms with E-state index < -0.39 is 0 Å². The SMILES string of the molecule is O=C1NC2(CCN(C(=O)c3ccc[nH]3)CC2)C[C@@H]1c1cccnc1. The Hall–Kier alpha value is -2.63. The van der Waals surface area contributed by atoms with Gasteiger partial charge in [-0.3, -0.25) is 14.6 Å². The molecule has 1 atom stereocenters. The Balaban J connectivity index is 1.44. The second-order valence-electron chi connectivity index (χ2n) is 6.69. The molecular weight excluding hydrogens is 304 g/mol. The van der Waals surface area contributed by atoms with Crippen LogP contribution in [0.2, 0.25) is 0 Å². The number of carbonyl (C=O) groups excluding carboxylic acids is 2. The minimum absolute atomic E-state index is 0.0305. The predicted molar refractivity (Wildman–Crippen MR) is 88.4 cm³/mol. The first-order valence-electron chi connectivity index (χ1n) is 8.32. The Kier molecular flexibility index (Phi) is 3.59. The number of aromatic amines is 1. The molecule has 1 spiro atoms. The summed E-state index contributed by atoms with van der Waals surface area (Å²) in [6, 6.07) is 7.45. The lowest BCUT2D eigenvalue weighted by Gasteiger charge is -2.39. The van der Waals surface area contributed by atoms with Gasteiger partial charge in [0.15, 0.2) is 0 Å². The third-order valence-electron chi connectivity index (χ3n) is 5.22. The third-order valence-corrected chi connectivity index (χ3v) is 5.22. The molecule has 2 fully saturated rings. The molecule has 6 heteroatoms. The molecule has 2 aromatic rings. The first-order chi connectivity index (χ1) is 11.7. The molecule has 0 aliphatic carbocycles. The van der Waals surface area contributed by atoms with Crippen molar-refractivity contribution in [3.8, 4) is 0 Å². The van der Waals surface area contributed by atoms with E-state index in [0.29, 0.717) is 18.8 Å². The van der Waals surface area contributed by atoms with E-state index in [1.54, 1.807) is 24.7 Å². The topological polar surface area (TPSA) is 78.1 Å². The molecule has 0 unspecified atom stereocenters. The Morgan fingerprint density at radius 1 is 1.25 bits per heavy atom. The number of nitrogens with zero attached hydrogens (tertiary/aromatic N) is 2. The number of nitrogens with one attached hydrogen (secondary N) is 2. The van der Waals surface area contributed by atoms with E-state index in [2.05, 4.69) is 15.3 Å².